The van der Waals surface area contributed by atoms with Crippen LogP contribution in [0.2, 0.25) is 0 Å². The first-order valence-corrected chi connectivity index (χ1v) is 12.1. The van der Waals surface area contributed by atoms with Crippen molar-refractivity contribution in [2.24, 2.45) is 0 Å². The van der Waals surface area contributed by atoms with Crippen molar-refractivity contribution in [1.29, 1.82) is 0 Å². The van der Waals surface area contributed by atoms with Crippen molar-refractivity contribution in [3.8, 4) is 0 Å². The Morgan fingerprint density at radius 3 is 2.30 bits per heavy atom. The van der Waals surface area contributed by atoms with Crippen LogP contribution in [0.5, 0.6) is 0 Å². The molecule has 0 atom stereocenters. The first-order chi connectivity index (χ1) is 14.4. The lowest BCUT2D eigenvalue weighted by Crippen LogP contribution is -2.27. The van der Waals surface area contributed by atoms with E-state index in [1.807, 2.05) is 24.8 Å². The number of hydrogen-bond acceptors (Lipinski definition) is 4. The van der Waals surface area contributed by atoms with Gasteiger partial charge in [-0.1, -0.05) is 19.9 Å². The number of fused-ring (bicyclic) bond motifs is 1. The van der Waals surface area contributed by atoms with Gasteiger partial charge in [0.15, 0.2) is 0 Å². The molecule has 3 rings (SSSR count). The summed E-state index contributed by atoms with van der Waals surface area (Å²) in [7, 11) is -3.80. The number of hydrogen-bond donors (Lipinski definition) is 2. The lowest BCUT2D eigenvalue weighted by Gasteiger charge is -2.26. The molecule has 6 nitrogen and oxygen atoms in total. The molecule has 2 N–H and O–H groups in total. The highest BCUT2D eigenvalue weighted by Crippen LogP contribution is 2.28. The van der Waals surface area contributed by atoms with Crippen LogP contribution in [0.15, 0.2) is 41.3 Å². The molecule has 0 amide bonds. The third-order valence-corrected chi connectivity index (χ3v) is 6.82. The Morgan fingerprint density at radius 2 is 1.67 bits per heavy atom. The van der Waals surface area contributed by atoms with Crippen molar-refractivity contribution in [2.45, 2.75) is 57.3 Å². The van der Waals surface area contributed by atoms with E-state index in [1.54, 1.807) is 24.3 Å². The summed E-state index contributed by atoms with van der Waals surface area (Å²) >= 11 is 0. The van der Waals surface area contributed by atoms with Crippen molar-refractivity contribution in [3.63, 3.8) is 0 Å². The van der Waals surface area contributed by atoms with Crippen LogP contribution in [0.1, 0.15) is 61.0 Å². The van der Waals surface area contributed by atoms with Gasteiger partial charge >= 0.3 is 5.97 Å². The van der Waals surface area contributed by atoms with Gasteiger partial charge in [0.05, 0.1) is 16.1 Å². The van der Waals surface area contributed by atoms with Crippen molar-refractivity contribution in [3.05, 3.63) is 53.1 Å². The lowest BCUT2D eigenvalue weighted by molar-refractivity contribution is 0.0697. The number of nitrogens with one attached hydrogen (secondary N) is 1. The minimum atomic E-state index is -3.80. The maximum Gasteiger partial charge on any atom is 0.337 e. The van der Waals surface area contributed by atoms with Crippen LogP contribution in [0.4, 0.5) is 11.4 Å². The number of aromatic carboxylic acids is 1. The highest BCUT2D eigenvalue weighted by Gasteiger charge is 2.21. The summed E-state index contributed by atoms with van der Waals surface area (Å²) in [6.07, 6.45) is 5.87. The van der Waals surface area contributed by atoms with Gasteiger partial charge in [0.25, 0.3) is 10.0 Å². The summed E-state index contributed by atoms with van der Waals surface area (Å²) in [6, 6.07) is 10.0. The number of sulfonamides is 1. The number of nitrogens with zero attached hydrogens (tertiary/aromatic N) is 1. The van der Waals surface area contributed by atoms with Crippen LogP contribution in [-0.4, -0.2) is 32.6 Å². The van der Waals surface area contributed by atoms with Crippen LogP contribution in [-0.2, 0) is 22.9 Å². The predicted octanol–water partition coefficient (Wildman–Crippen LogP) is 4.69. The Morgan fingerprint density at radius 1 is 1.00 bits per heavy atom. The maximum atomic E-state index is 12.9. The quantitative estimate of drug-likeness (QED) is 0.603. The monoisotopic (exact) mass is 430 g/mol. The third kappa shape index (κ3) is 4.95. The molecular weight excluding hydrogens is 400 g/mol. The fourth-order valence-corrected chi connectivity index (χ4v) is 5.13. The van der Waals surface area contributed by atoms with Crippen molar-refractivity contribution in [2.75, 3.05) is 22.7 Å². The Bertz CT molecular complexity index is 1010. The molecular formula is C23H30N2O4S. The van der Waals surface area contributed by atoms with Crippen LogP contribution < -0.4 is 9.62 Å². The fourth-order valence-electron chi connectivity index (χ4n) is 4.03. The van der Waals surface area contributed by atoms with E-state index < -0.39 is 16.0 Å². The van der Waals surface area contributed by atoms with Crippen molar-refractivity contribution in [1.82, 2.24) is 0 Å². The predicted molar refractivity (Wildman–Crippen MR) is 120 cm³/mol. The Labute approximate surface area is 179 Å². The number of carboxylic acid groups (broad SMARTS) is 1. The zero-order valence-electron chi connectivity index (χ0n) is 17.6. The molecule has 0 heterocycles. The molecule has 0 aromatic heterocycles. The van der Waals surface area contributed by atoms with Gasteiger partial charge in [0.2, 0.25) is 0 Å². The number of carboxylic acids is 1. The Hall–Kier alpha value is -2.54. The maximum absolute atomic E-state index is 12.9. The Kier molecular flexibility index (Phi) is 7.02. The largest absolute Gasteiger partial charge is 0.478 e. The Balaban J connectivity index is 1.90. The molecule has 0 aliphatic heterocycles. The first kappa shape index (κ1) is 22.2. The molecule has 162 valence electrons. The molecule has 30 heavy (non-hydrogen) atoms. The van der Waals surface area contributed by atoms with E-state index in [9.17, 15) is 18.3 Å². The summed E-state index contributed by atoms with van der Waals surface area (Å²) in [5, 5.41) is 9.72. The van der Waals surface area contributed by atoms with Crippen LogP contribution in [0.25, 0.3) is 0 Å². The molecule has 7 heteroatoms. The van der Waals surface area contributed by atoms with Gasteiger partial charge in [0, 0.05) is 18.8 Å². The minimum absolute atomic E-state index is 0.0996. The van der Waals surface area contributed by atoms with E-state index in [-0.39, 0.29) is 16.1 Å². The molecule has 0 fully saturated rings. The molecule has 0 saturated heterocycles. The molecule has 0 bridgehead atoms. The second kappa shape index (κ2) is 9.51. The standard InChI is InChI=1S/C23H30N2O4S/c1-3-13-25(14-4-2)22-12-10-19(16-21(22)23(26)27)24-30(28,29)20-11-9-17-7-5-6-8-18(17)15-20/h9-12,15-16,24H,3-8,13-14H2,1-2H3,(H,26,27). The molecule has 0 spiro atoms. The van der Waals surface area contributed by atoms with E-state index in [4.69, 9.17) is 0 Å². The first-order valence-electron chi connectivity index (χ1n) is 10.6. The smallest absolute Gasteiger partial charge is 0.337 e. The van der Waals surface area contributed by atoms with E-state index in [0.29, 0.717) is 5.69 Å². The number of anilines is 2. The normalized spacial score (nSPS) is 13.5. The van der Waals surface area contributed by atoms with Crippen LogP contribution in [0.3, 0.4) is 0 Å². The van der Waals surface area contributed by atoms with Crippen molar-refractivity contribution >= 4 is 27.4 Å². The number of aryl methyl sites for hydroxylation is 2. The molecule has 1 aliphatic carbocycles. The van der Waals surface area contributed by atoms with Gasteiger partial charge in [-0.05, 0) is 80.0 Å². The number of carbonyl (C=O) groups is 1. The topological polar surface area (TPSA) is 86.7 Å². The van der Waals surface area contributed by atoms with Gasteiger partial charge in [-0.25, -0.2) is 13.2 Å². The molecule has 0 saturated carbocycles. The fraction of sp³-hybridized carbons (Fsp3) is 0.435. The van der Waals surface area contributed by atoms with Crippen LogP contribution in [0, 0.1) is 0 Å². The average molecular weight is 431 g/mol. The summed E-state index contributed by atoms with van der Waals surface area (Å²) in [4.78, 5) is 14.1. The van der Waals surface area contributed by atoms with Gasteiger partial charge in [0.1, 0.15) is 0 Å². The summed E-state index contributed by atoms with van der Waals surface area (Å²) in [5.74, 6) is -1.07. The lowest BCUT2D eigenvalue weighted by atomic mass is 9.92. The second-order valence-corrected chi connectivity index (χ2v) is 9.45. The van der Waals surface area contributed by atoms with E-state index in [2.05, 4.69) is 4.72 Å². The zero-order valence-corrected chi connectivity index (χ0v) is 18.5. The van der Waals surface area contributed by atoms with Crippen LogP contribution >= 0.6 is 0 Å². The molecule has 0 unspecified atom stereocenters. The molecule has 2 aromatic carbocycles. The van der Waals surface area contributed by atoms with Gasteiger partial charge in [-0.15, -0.1) is 0 Å². The highest BCUT2D eigenvalue weighted by atomic mass is 32.2. The zero-order chi connectivity index (χ0) is 21.7. The third-order valence-electron chi connectivity index (χ3n) is 5.44. The van der Waals surface area contributed by atoms with E-state index in [1.165, 1.54) is 11.6 Å². The van der Waals surface area contributed by atoms with Crippen molar-refractivity contribution < 1.29 is 18.3 Å². The number of benzene rings is 2. The van der Waals surface area contributed by atoms with E-state index in [0.717, 1.165) is 57.2 Å². The van der Waals surface area contributed by atoms with Gasteiger partial charge in [-0.3, -0.25) is 4.72 Å². The van der Waals surface area contributed by atoms with E-state index >= 15 is 0 Å². The highest BCUT2D eigenvalue weighted by molar-refractivity contribution is 7.92. The molecule has 1 aliphatic rings. The average Bonchev–Trinajstić information content (AvgIpc) is 2.73. The SMILES string of the molecule is CCCN(CCC)c1ccc(NS(=O)(=O)c2ccc3c(c2)CCCC3)cc1C(=O)O. The summed E-state index contributed by atoms with van der Waals surface area (Å²) < 4.78 is 28.4. The minimum Gasteiger partial charge on any atom is -0.478 e. The van der Waals surface area contributed by atoms with Gasteiger partial charge < -0.3 is 10.0 Å². The van der Waals surface area contributed by atoms with Gasteiger partial charge in [-0.2, -0.15) is 0 Å². The number of rotatable bonds is 9. The molecule has 0 radical (unpaired) electrons. The molecule has 2 aromatic rings. The summed E-state index contributed by atoms with van der Waals surface area (Å²) in [5.41, 5.74) is 3.26. The second-order valence-electron chi connectivity index (χ2n) is 7.77. The summed E-state index contributed by atoms with van der Waals surface area (Å²) in [6.45, 7) is 5.58.